The molecule has 0 aromatic carbocycles. The van der Waals surface area contributed by atoms with E-state index in [1.165, 1.54) is 0 Å². The number of aromatic amines is 1. The smallest absolute Gasteiger partial charge is 0.223 e. The third kappa shape index (κ3) is 2.08. The number of aryl methyl sites for hydroxylation is 1. The van der Waals surface area contributed by atoms with Crippen LogP contribution in [-0.2, 0) is 11.2 Å². The van der Waals surface area contributed by atoms with Crippen LogP contribution in [0.5, 0.6) is 0 Å². The Kier molecular flexibility index (Phi) is 2.40. The van der Waals surface area contributed by atoms with E-state index in [4.69, 9.17) is 5.73 Å². The van der Waals surface area contributed by atoms with Gasteiger partial charge in [-0.1, -0.05) is 13.8 Å². The molecule has 72 valence electrons. The van der Waals surface area contributed by atoms with Crippen molar-refractivity contribution >= 4 is 5.91 Å². The van der Waals surface area contributed by atoms with Gasteiger partial charge in [-0.3, -0.25) is 4.79 Å². The number of carbonyl (C=O) groups is 1. The van der Waals surface area contributed by atoms with Gasteiger partial charge in [0.1, 0.15) is 0 Å². The minimum Gasteiger partial charge on any atom is -0.369 e. The molecule has 0 aliphatic rings. The van der Waals surface area contributed by atoms with Crippen molar-refractivity contribution in [2.24, 2.45) is 11.1 Å². The lowest BCUT2D eigenvalue weighted by Crippen LogP contribution is -2.33. The second-order valence-corrected chi connectivity index (χ2v) is 3.90. The maximum Gasteiger partial charge on any atom is 0.223 e. The molecule has 0 unspecified atom stereocenters. The van der Waals surface area contributed by atoms with Gasteiger partial charge in [0, 0.05) is 17.5 Å². The van der Waals surface area contributed by atoms with E-state index in [1.54, 1.807) is 6.33 Å². The first kappa shape index (κ1) is 9.77. The summed E-state index contributed by atoms with van der Waals surface area (Å²) in [6.07, 6.45) is 2.21. The van der Waals surface area contributed by atoms with Crippen LogP contribution in [0.1, 0.15) is 25.2 Å². The van der Waals surface area contributed by atoms with Crippen molar-refractivity contribution in [2.75, 3.05) is 0 Å². The number of rotatable bonds is 3. The predicted molar refractivity (Wildman–Crippen MR) is 50.0 cm³/mol. The van der Waals surface area contributed by atoms with Crippen LogP contribution in [0.15, 0.2) is 6.33 Å². The van der Waals surface area contributed by atoms with E-state index in [0.29, 0.717) is 6.42 Å². The normalized spacial score (nSPS) is 11.6. The standard InChI is InChI=1S/C9H15N3O/c1-6-7(12-5-11-6)4-9(2,3)8(10)13/h5H,4H2,1-3H3,(H2,10,13)(H,11,12). The first-order valence-corrected chi connectivity index (χ1v) is 4.22. The highest BCUT2D eigenvalue weighted by atomic mass is 16.1. The Balaban J connectivity index is 2.80. The average molecular weight is 181 g/mol. The van der Waals surface area contributed by atoms with E-state index in [0.717, 1.165) is 11.4 Å². The maximum absolute atomic E-state index is 11.0. The van der Waals surface area contributed by atoms with Crippen molar-refractivity contribution in [1.82, 2.24) is 9.97 Å². The van der Waals surface area contributed by atoms with E-state index in [1.807, 2.05) is 20.8 Å². The monoisotopic (exact) mass is 181 g/mol. The van der Waals surface area contributed by atoms with Crippen molar-refractivity contribution in [1.29, 1.82) is 0 Å². The molecule has 0 atom stereocenters. The van der Waals surface area contributed by atoms with Gasteiger partial charge >= 0.3 is 0 Å². The van der Waals surface area contributed by atoms with Crippen molar-refractivity contribution in [3.63, 3.8) is 0 Å². The topological polar surface area (TPSA) is 71.8 Å². The Morgan fingerprint density at radius 3 is 2.69 bits per heavy atom. The van der Waals surface area contributed by atoms with Gasteiger partial charge in [-0.15, -0.1) is 0 Å². The van der Waals surface area contributed by atoms with Crippen LogP contribution in [-0.4, -0.2) is 15.9 Å². The number of nitrogens with zero attached hydrogens (tertiary/aromatic N) is 1. The van der Waals surface area contributed by atoms with Crippen molar-refractivity contribution in [3.05, 3.63) is 17.7 Å². The van der Waals surface area contributed by atoms with Gasteiger partial charge in [0.2, 0.25) is 5.91 Å². The molecule has 1 amide bonds. The number of hydrogen-bond donors (Lipinski definition) is 2. The molecule has 0 aliphatic carbocycles. The molecule has 0 bridgehead atoms. The summed E-state index contributed by atoms with van der Waals surface area (Å²) < 4.78 is 0. The van der Waals surface area contributed by atoms with Crippen LogP contribution in [0, 0.1) is 12.3 Å². The van der Waals surface area contributed by atoms with Gasteiger partial charge in [-0.05, 0) is 6.92 Å². The summed E-state index contributed by atoms with van der Waals surface area (Å²) in [5, 5.41) is 0. The SMILES string of the molecule is Cc1[nH]cnc1CC(C)(C)C(N)=O. The van der Waals surface area contributed by atoms with Crippen molar-refractivity contribution in [2.45, 2.75) is 27.2 Å². The maximum atomic E-state index is 11.0. The lowest BCUT2D eigenvalue weighted by Gasteiger charge is -2.19. The third-order valence-corrected chi connectivity index (χ3v) is 2.21. The largest absolute Gasteiger partial charge is 0.369 e. The van der Waals surface area contributed by atoms with E-state index >= 15 is 0 Å². The molecule has 3 N–H and O–H groups in total. The Morgan fingerprint density at radius 2 is 2.31 bits per heavy atom. The number of nitrogens with one attached hydrogen (secondary N) is 1. The fourth-order valence-corrected chi connectivity index (χ4v) is 1.07. The molecule has 0 saturated heterocycles. The van der Waals surface area contributed by atoms with E-state index < -0.39 is 5.41 Å². The van der Waals surface area contributed by atoms with Crippen molar-refractivity contribution in [3.8, 4) is 0 Å². The molecule has 0 spiro atoms. The fourth-order valence-electron chi connectivity index (χ4n) is 1.07. The lowest BCUT2D eigenvalue weighted by atomic mass is 9.87. The minimum atomic E-state index is -0.528. The molecule has 1 aromatic heterocycles. The number of aromatic nitrogens is 2. The molecule has 0 radical (unpaired) electrons. The highest BCUT2D eigenvalue weighted by Crippen LogP contribution is 2.21. The second kappa shape index (κ2) is 3.20. The van der Waals surface area contributed by atoms with Gasteiger partial charge in [0.05, 0.1) is 12.0 Å². The molecule has 4 heteroatoms. The van der Waals surface area contributed by atoms with E-state index in [2.05, 4.69) is 9.97 Å². The molecule has 0 aliphatic heterocycles. The zero-order valence-corrected chi connectivity index (χ0v) is 8.22. The van der Waals surface area contributed by atoms with Crippen molar-refractivity contribution < 1.29 is 4.79 Å². The molecule has 1 rings (SSSR count). The summed E-state index contributed by atoms with van der Waals surface area (Å²) in [7, 11) is 0. The summed E-state index contributed by atoms with van der Waals surface area (Å²) >= 11 is 0. The van der Waals surface area contributed by atoms with Gasteiger partial charge in [-0.2, -0.15) is 0 Å². The quantitative estimate of drug-likeness (QED) is 0.723. The Labute approximate surface area is 77.6 Å². The van der Waals surface area contributed by atoms with Gasteiger partial charge in [0.25, 0.3) is 0 Å². The van der Waals surface area contributed by atoms with Gasteiger partial charge in [0.15, 0.2) is 0 Å². The molecule has 0 fully saturated rings. The molecular formula is C9H15N3O. The average Bonchev–Trinajstić information content (AvgIpc) is 2.35. The number of primary amides is 1. The fraction of sp³-hybridized carbons (Fsp3) is 0.556. The first-order chi connectivity index (χ1) is 5.93. The number of imidazole rings is 1. The number of amides is 1. The van der Waals surface area contributed by atoms with Crippen LogP contribution in [0.25, 0.3) is 0 Å². The first-order valence-electron chi connectivity index (χ1n) is 4.22. The van der Waals surface area contributed by atoms with Crippen LogP contribution in [0.2, 0.25) is 0 Å². The second-order valence-electron chi connectivity index (χ2n) is 3.90. The number of hydrogen-bond acceptors (Lipinski definition) is 2. The number of nitrogens with two attached hydrogens (primary N) is 1. The molecule has 0 saturated carbocycles. The van der Waals surface area contributed by atoms with Gasteiger partial charge < -0.3 is 10.7 Å². The summed E-state index contributed by atoms with van der Waals surface area (Å²) in [5.74, 6) is -0.296. The summed E-state index contributed by atoms with van der Waals surface area (Å²) in [6, 6.07) is 0. The van der Waals surface area contributed by atoms with Crippen LogP contribution in [0.3, 0.4) is 0 Å². The predicted octanol–water partition coefficient (Wildman–Crippen LogP) is 0.772. The lowest BCUT2D eigenvalue weighted by molar-refractivity contribution is -0.125. The number of carbonyl (C=O) groups excluding carboxylic acids is 1. The Bertz CT molecular complexity index is 314. The van der Waals surface area contributed by atoms with Crippen LogP contribution >= 0.6 is 0 Å². The van der Waals surface area contributed by atoms with Gasteiger partial charge in [-0.25, -0.2) is 4.98 Å². The Hall–Kier alpha value is -1.32. The Morgan fingerprint density at radius 1 is 1.69 bits per heavy atom. The molecule has 1 heterocycles. The zero-order chi connectivity index (χ0) is 10.1. The van der Waals surface area contributed by atoms with E-state index in [-0.39, 0.29) is 5.91 Å². The number of H-pyrrole nitrogens is 1. The molecule has 1 aromatic rings. The summed E-state index contributed by atoms with van der Waals surface area (Å²) in [4.78, 5) is 18.1. The summed E-state index contributed by atoms with van der Waals surface area (Å²) in [5.41, 5.74) is 6.63. The third-order valence-electron chi connectivity index (χ3n) is 2.21. The molecule has 4 nitrogen and oxygen atoms in total. The zero-order valence-electron chi connectivity index (χ0n) is 8.22. The minimum absolute atomic E-state index is 0.296. The van der Waals surface area contributed by atoms with Crippen LogP contribution < -0.4 is 5.73 Å². The van der Waals surface area contributed by atoms with Crippen LogP contribution in [0.4, 0.5) is 0 Å². The van der Waals surface area contributed by atoms with E-state index in [9.17, 15) is 4.79 Å². The molecule has 13 heavy (non-hydrogen) atoms. The highest BCUT2D eigenvalue weighted by Gasteiger charge is 2.26. The molecular weight excluding hydrogens is 166 g/mol. The summed E-state index contributed by atoms with van der Waals surface area (Å²) in [6.45, 7) is 5.58. The highest BCUT2D eigenvalue weighted by molar-refractivity contribution is 5.80.